The molecule has 0 radical (unpaired) electrons. The summed E-state index contributed by atoms with van der Waals surface area (Å²) < 4.78 is 21.6. The van der Waals surface area contributed by atoms with Crippen molar-refractivity contribution in [3.05, 3.63) is 63.2 Å². The van der Waals surface area contributed by atoms with Gasteiger partial charge in [0.05, 0.1) is 56.1 Å². The summed E-state index contributed by atoms with van der Waals surface area (Å²) in [6.45, 7) is 0. The Labute approximate surface area is 239 Å². The SMILES string of the molecule is COc1cc(OC)c2c(c1)C(=O)C1=C(C2=O)C(=O)[C@H]2C[C@@H]1[C@H]1CCC(=O)C3=C(O)c4c(OC)cc(OC)cc4C(=O)[C@]321. The third-order valence-electron chi connectivity index (χ3n) is 9.79. The van der Waals surface area contributed by atoms with Crippen LogP contribution >= 0.6 is 0 Å². The summed E-state index contributed by atoms with van der Waals surface area (Å²) in [6.07, 6.45) is 0.302. The van der Waals surface area contributed by atoms with E-state index in [0.717, 1.165) is 0 Å². The molecule has 2 bridgehead atoms. The van der Waals surface area contributed by atoms with Crippen LogP contribution in [-0.4, -0.2) is 62.5 Å². The van der Waals surface area contributed by atoms with Gasteiger partial charge in [0.1, 0.15) is 28.8 Å². The highest BCUT2D eigenvalue weighted by Crippen LogP contribution is 2.69. The smallest absolute Gasteiger partial charge is 0.201 e. The summed E-state index contributed by atoms with van der Waals surface area (Å²) in [5, 5.41) is 11.7. The van der Waals surface area contributed by atoms with E-state index >= 15 is 0 Å². The van der Waals surface area contributed by atoms with Gasteiger partial charge in [0.25, 0.3) is 0 Å². The Morgan fingerprint density at radius 2 is 1.40 bits per heavy atom. The molecule has 2 fully saturated rings. The van der Waals surface area contributed by atoms with Crippen LogP contribution in [-0.2, 0) is 9.59 Å². The number of ether oxygens (including phenoxy) is 4. The van der Waals surface area contributed by atoms with E-state index in [4.69, 9.17) is 18.9 Å². The van der Waals surface area contributed by atoms with Crippen molar-refractivity contribution in [2.45, 2.75) is 19.3 Å². The second-order valence-electron chi connectivity index (χ2n) is 11.2. The third-order valence-corrected chi connectivity index (χ3v) is 9.79. The zero-order chi connectivity index (χ0) is 29.8. The Bertz CT molecular complexity index is 1780. The van der Waals surface area contributed by atoms with Gasteiger partial charge in [-0.05, 0) is 36.8 Å². The number of fused-ring (bicyclic) bond motifs is 6. The number of hydrogen-bond donors (Lipinski definition) is 1. The van der Waals surface area contributed by atoms with E-state index in [2.05, 4.69) is 0 Å². The number of benzene rings is 2. The van der Waals surface area contributed by atoms with Crippen LogP contribution in [0.15, 0.2) is 41.0 Å². The summed E-state index contributed by atoms with van der Waals surface area (Å²) in [5.41, 5.74) is -1.98. The first-order valence-electron chi connectivity index (χ1n) is 13.6. The second kappa shape index (κ2) is 8.64. The van der Waals surface area contributed by atoms with E-state index in [-0.39, 0.29) is 75.5 Å². The molecule has 1 spiro atoms. The minimum absolute atomic E-state index is 0.00723. The number of allylic oxidation sites excluding steroid dienone is 3. The van der Waals surface area contributed by atoms with Crippen LogP contribution in [0.2, 0.25) is 0 Å². The highest BCUT2D eigenvalue weighted by molar-refractivity contribution is 6.39. The van der Waals surface area contributed by atoms with Gasteiger partial charge in [0.15, 0.2) is 23.1 Å². The van der Waals surface area contributed by atoms with E-state index < -0.39 is 57.8 Å². The lowest BCUT2D eigenvalue weighted by Gasteiger charge is -2.45. The van der Waals surface area contributed by atoms with E-state index in [1.165, 1.54) is 52.7 Å². The number of methoxy groups -OCH3 is 4. The number of hydrogen-bond acceptors (Lipinski definition) is 10. The number of aliphatic hydroxyl groups is 1. The molecule has 0 saturated heterocycles. The highest BCUT2D eigenvalue weighted by atomic mass is 16.5. The van der Waals surface area contributed by atoms with E-state index in [1.807, 2.05) is 0 Å². The molecule has 10 heteroatoms. The molecule has 0 aliphatic heterocycles. The van der Waals surface area contributed by atoms with Crippen molar-refractivity contribution in [1.29, 1.82) is 0 Å². The van der Waals surface area contributed by atoms with Crippen LogP contribution in [0, 0.1) is 23.2 Å². The first-order valence-corrected chi connectivity index (χ1v) is 13.6. The predicted octanol–water partition coefficient (Wildman–Crippen LogP) is 3.75. The van der Waals surface area contributed by atoms with Crippen molar-refractivity contribution in [2.24, 2.45) is 23.2 Å². The maximum absolute atomic E-state index is 14.8. The van der Waals surface area contributed by atoms with Crippen molar-refractivity contribution >= 4 is 34.7 Å². The largest absolute Gasteiger partial charge is 0.507 e. The Morgan fingerprint density at radius 1 is 0.786 bits per heavy atom. The maximum Gasteiger partial charge on any atom is 0.201 e. The van der Waals surface area contributed by atoms with Gasteiger partial charge in [-0.1, -0.05) is 0 Å². The van der Waals surface area contributed by atoms with Gasteiger partial charge in [0.2, 0.25) is 5.78 Å². The molecule has 7 rings (SSSR count). The lowest BCUT2D eigenvalue weighted by molar-refractivity contribution is -0.123. The Morgan fingerprint density at radius 3 is 2.02 bits per heavy atom. The number of aliphatic hydroxyl groups excluding tert-OH is 1. The summed E-state index contributed by atoms with van der Waals surface area (Å²) in [7, 11) is 5.56. The lowest BCUT2D eigenvalue weighted by atomic mass is 9.53. The first-order chi connectivity index (χ1) is 20.1. The molecule has 214 valence electrons. The van der Waals surface area contributed by atoms with E-state index in [1.54, 1.807) is 0 Å². The fourth-order valence-electron chi connectivity index (χ4n) is 8.21. The lowest BCUT2D eigenvalue weighted by Crippen LogP contribution is -2.52. The molecule has 0 amide bonds. The molecule has 5 aliphatic rings. The van der Waals surface area contributed by atoms with E-state index in [0.29, 0.717) is 5.75 Å². The molecule has 4 atom stereocenters. The van der Waals surface area contributed by atoms with Crippen LogP contribution in [0.5, 0.6) is 23.0 Å². The van der Waals surface area contributed by atoms with Gasteiger partial charge >= 0.3 is 0 Å². The Kier molecular flexibility index (Phi) is 5.39. The van der Waals surface area contributed by atoms with Crippen molar-refractivity contribution < 1.29 is 48.0 Å². The molecule has 2 aromatic carbocycles. The minimum atomic E-state index is -1.75. The van der Waals surface area contributed by atoms with Gasteiger partial charge in [0, 0.05) is 41.2 Å². The van der Waals surface area contributed by atoms with Crippen molar-refractivity contribution in [1.82, 2.24) is 0 Å². The standard InChI is InChI=1S/C32H26O10/c1-39-12-7-15-22(20(9-12)41-3)29(36)25-24(27(15)34)14-11-18(28(25)35)32-17(14)5-6-19(33)26(32)30(37)23-16(31(32)38)8-13(40-2)10-21(23)42-4/h7-10,14,17-18,37H,5-6,11H2,1-4H3/t14-,17-,18-,32+/m1/s1. The molecule has 5 aliphatic carbocycles. The topological polar surface area (TPSA) is 143 Å². The average Bonchev–Trinajstić information content (AvgIpc) is 3.30. The molecule has 0 unspecified atom stereocenters. The van der Waals surface area contributed by atoms with Gasteiger partial charge in [-0.25, -0.2) is 0 Å². The van der Waals surface area contributed by atoms with Crippen molar-refractivity contribution in [3.63, 3.8) is 0 Å². The first kappa shape index (κ1) is 26.2. The van der Waals surface area contributed by atoms with Gasteiger partial charge < -0.3 is 24.1 Å². The van der Waals surface area contributed by atoms with Gasteiger partial charge in [-0.15, -0.1) is 0 Å². The van der Waals surface area contributed by atoms with Crippen LogP contribution in [0.1, 0.15) is 55.9 Å². The molecule has 1 N–H and O–H groups in total. The highest BCUT2D eigenvalue weighted by Gasteiger charge is 2.72. The van der Waals surface area contributed by atoms with Crippen molar-refractivity contribution in [3.8, 4) is 23.0 Å². The zero-order valence-electron chi connectivity index (χ0n) is 23.3. The Hall–Kier alpha value is -4.73. The van der Waals surface area contributed by atoms with Gasteiger partial charge in [-0.2, -0.15) is 0 Å². The molecule has 2 saturated carbocycles. The summed E-state index contributed by atoms with van der Waals surface area (Å²) in [6, 6.07) is 5.88. The molecule has 42 heavy (non-hydrogen) atoms. The maximum atomic E-state index is 14.8. The van der Waals surface area contributed by atoms with Gasteiger partial charge in [-0.3, -0.25) is 24.0 Å². The number of ketones is 5. The quantitative estimate of drug-likeness (QED) is 0.540. The molecule has 10 nitrogen and oxygen atoms in total. The third kappa shape index (κ3) is 2.86. The fourth-order valence-corrected chi connectivity index (χ4v) is 8.21. The molecule has 2 aromatic rings. The number of Topliss-reactive ketones (excluding diaryl/α,β-unsaturated/α-hetero) is 5. The van der Waals surface area contributed by atoms with Crippen molar-refractivity contribution in [2.75, 3.05) is 28.4 Å². The monoisotopic (exact) mass is 570 g/mol. The van der Waals surface area contributed by atoms with E-state index in [9.17, 15) is 29.1 Å². The molecule has 0 aromatic heterocycles. The Balaban J connectivity index is 1.48. The van der Waals surface area contributed by atoms with Crippen LogP contribution in [0.25, 0.3) is 5.76 Å². The number of carbonyl (C=O) groups excluding carboxylic acids is 5. The summed E-state index contributed by atoms with van der Waals surface area (Å²) in [4.78, 5) is 71.0. The second-order valence-corrected chi connectivity index (χ2v) is 11.2. The predicted molar refractivity (Wildman–Crippen MR) is 145 cm³/mol. The molecule has 0 heterocycles. The van der Waals surface area contributed by atoms with Crippen LogP contribution < -0.4 is 18.9 Å². The van der Waals surface area contributed by atoms with Crippen LogP contribution in [0.4, 0.5) is 0 Å². The summed E-state index contributed by atoms with van der Waals surface area (Å²) >= 11 is 0. The minimum Gasteiger partial charge on any atom is -0.507 e. The summed E-state index contributed by atoms with van der Waals surface area (Å²) in [5.74, 6) is -4.93. The molecular weight excluding hydrogens is 544 g/mol. The fraction of sp³-hybridized carbons (Fsp3) is 0.344. The number of rotatable bonds is 4. The zero-order valence-corrected chi connectivity index (χ0v) is 23.3. The van der Waals surface area contributed by atoms with Crippen LogP contribution in [0.3, 0.4) is 0 Å². The normalized spacial score (nSPS) is 27.2. The molecular formula is C32H26O10. The number of carbonyl (C=O) groups is 5. The average molecular weight is 571 g/mol.